The lowest BCUT2D eigenvalue weighted by Gasteiger charge is -2.23. The first kappa shape index (κ1) is 26.5. The van der Waals surface area contributed by atoms with Crippen LogP contribution in [-0.4, -0.2) is 38.6 Å². The van der Waals surface area contributed by atoms with Crippen molar-refractivity contribution in [1.82, 2.24) is 15.2 Å². The van der Waals surface area contributed by atoms with Crippen LogP contribution in [0.15, 0.2) is 83.0 Å². The van der Waals surface area contributed by atoms with Crippen molar-refractivity contribution >= 4 is 45.7 Å². The van der Waals surface area contributed by atoms with Gasteiger partial charge in [-0.1, -0.05) is 54.3 Å². The highest BCUT2D eigenvalue weighted by Gasteiger charge is 2.48. The van der Waals surface area contributed by atoms with Gasteiger partial charge >= 0.3 is 5.91 Å². The zero-order valence-corrected chi connectivity index (χ0v) is 22.4. The highest BCUT2D eigenvalue weighted by molar-refractivity contribution is 8.00. The third-order valence-electron chi connectivity index (χ3n) is 5.92. The number of hydrogen-bond acceptors (Lipinski definition) is 9. The number of nitrogens with zero attached hydrogens (tertiary/aromatic N) is 4. The Morgan fingerprint density at radius 3 is 2.62 bits per heavy atom. The van der Waals surface area contributed by atoms with Gasteiger partial charge in [0.15, 0.2) is 4.34 Å². The highest BCUT2D eigenvalue weighted by Crippen LogP contribution is 2.44. The van der Waals surface area contributed by atoms with E-state index in [9.17, 15) is 19.1 Å². The monoisotopic (exact) mass is 562 g/mol. The Kier molecular flexibility index (Phi) is 7.99. The van der Waals surface area contributed by atoms with E-state index in [1.807, 2.05) is 6.92 Å². The van der Waals surface area contributed by atoms with E-state index in [1.165, 1.54) is 41.2 Å². The van der Waals surface area contributed by atoms with Gasteiger partial charge in [0.05, 0.1) is 18.2 Å². The first-order valence-corrected chi connectivity index (χ1v) is 13.9. The van der Waals surface area contributed by atoms with Gasteiger partial charge in [-0.3, -0.25) is 19.5 Å². The van der Waals surface area contributed by atoms with Crippen LogP contribution >= 0.6 is 23.1 Å². The van der Waals surface area contributed by atoms with Crippen molar-refractivity contribution in [2.45, 2.75) is 29.5 Å². The first-order valence-electron chi connectivity index (χ1n) is 12.1. The molecule has 1 saturated heterocycles. The van der Waals surface area contributed by atoms with Gasteiger partial charge in [-0.2, -0.15) is 0 Å². The van der Waals surface area contributed by atoms with E-state index in [1.54, 1.807) is 48.5 Å². The number of anilines is 1. The van der Waals surface area contributed by atoms with Crippen LogP contribution in [0.4, 0.5) is 9.52 Å². The summed E-state index contributed by atoms with van der Waals surface area (Å²) >= 11 is 2.54. The molecular formula is C28H23FN4O4S2. The molecule has 11 heteroatoms. The van der Waals surface area contributed by atoms with Gasteiger partial charge in [-0.15, -0.1) is 10.2 Å². The lowest BCUT2D eigenvalue weighted by molar-refractivity contribution is -0.132. The number of amides is 1. The third kappa shape index (κ3) is 5.69. The summed E-state index contributed by atoms with van der Waals surface area (Å²) in [6, 6.07) is 15.4. The van der Waals surface area contributed by atoms with Crippen molar-refractivity contribution in [3.8, 4) is 5.75 Å². The number of hydrogen-bond donors (Lipinski definition) is 1. The van der Waals surface area contributed by atoms with Gasteiger partial charge in [-0.05, 0) is 53.9 Å². The molecule has 0 bridgehead atoms. The average Bonchev–Trinajstić information content (AvgIpc) is 3.53. The molecule has 1 aliphatic rings. The summed E-state index contributed by atoms with van der Waals surface area (Å²) in [5.41, 5.74) is 1.78. The van der Waals surface area contributed by atoms with Gasteiger partial charge in [0.2, 0.25) is 5.13 Å². The Morgan fingerprint density at radius 2 is 1.87 bits per heavy atom. The lowest BCUT2D eigenvalue weighted by Crippen LogP contribution is -2.29. The Hall–Kier alpha value is -4.09. The molecule has 1 amide bonds. The second-order valence-electron chi connectivity index (χ2n) is 8.59. The van der Waals surface area contributed by atoms with Crippen LogP contribution in [-0.2, 0) is 15.3 Å². The molecule has 3 heterocycles. The number of thioether (sulfide) groups is 1. The molecule has 1 fully saturated rings. The zero-order valence-electron chi connectivity index (χ0n) is 20.8. The molecule has 1 N–H and O–H groups in total. The number of aliphatic hydroxyl groups excluding tert-OH is 1. The van der Waals surface area contributed by atoms with E-state index in [0.29, 0.717) is 33.6 Å². The smallest absolute Gasteiger partial charge is 0.301 e. The number of aliphatic hydroxyl groups is 1. The molecule has 0 saturated carbocycles. The number of halogens is 1. The van der Waals surface area contributed by atoms with Crippen LogP contribution in [0, 0.1) is 5.82 Å². The fourth-order valence-electron chi connectivity index (χ4n) is 4.09. The quantitative estimate of drug-likeness (QED) is 0.0900. The Morgan fingerprint density at radius 1 is 1.10 bits per heavy atom. The van der Waals surface area contributed by atoms with Gasteiger partial charge in [0, 0.05) is 23.7 Å². The number of carbonyl (C=O) groups is 2. The van der Waals surface area contributed by atoms with Crippen molar-refractivity contribution in [3.63, 3.8) is 0 Å². The molecular weight excluding hydrogens is 539 g/mol. The normalized spacial score (nSPS) is 16.6. The third-order valence-corrected chi connectivity index (χ3v) is 8.05. The molecule has 1 unspecified atom stereocenters. The predicted octanol–water partition coefficient (Wildman–Crippen LogP) is 5.78. The molecule has 0 spiro atoms. The molecule has 0 aliphatic carbocycles. The predicted molar refractivity (Wildman–Crippen MR) is 147 cm³/mol. The van der Waals surface area contributed by atoms with Crippen molar-refractivity contribution in [2.24, 2.45) is 0 Å². The van der Waals surface area contributed by atoms with Crippen LogP contribution in [0.2, 0.25) is 0 Å². The number of aromatic nitrogens is 3. The fraction of sp³-hybridized carbons (Fsp3) is 0.179. The highest BCUT2D eigenvalue weighted by atomic mass is 32.2. The van der Waals surface area contributed by atoms with Crippen LogP contribution in [0.5, 0.6) is 5.75 Å². The molecule has 8 nitrogen and oxygen atoms in total. The van der Waals surface area contributed by atoms with Crippen LogP contribution in [0.25, 0.3) is 5.76 Å². The summed E-state index contributed by atoms with van der Waals surface area (Å²) in [7, 11) is 0. The summed E-state index contributed by atoms with van der Waals surface area (Å²) in [5.74, 6) is -1.16. The average molecular weight is 563 g/mol. The Bertz CT molecular complexity index is 1530. The topological polar surface area (TPSA) is 106 Å². The van der Waals surface area contributed by atoms with E-state index in [2.05, 4.69) is 15.2 Å². The molecule has 1 aliphatic heterocycles. The van der Waals surface area contributed by atoms with Gasteiger partial charge < -0.3 is 9.84 Å². The maximum Gasteiger partial charge on any atom is 0.301 e. The largest absolute Gasteiger partial charge is 0.507 e. The Labute approximate surface area is 232 Å². The van der Waals surface area contributed by atoms with E-state index < -0.39 is 17.7 Å². The van der Waals surface area contributed by atoms with Gasteiger partial charge in [-0.25, -0.2) is 4.39 Å². The van der Waals surface area contributed by atoms with Crippen LogP contribution < -0.4 is 9.64 Å². The summed E-state index contributed by atoms with van der Waals surface area (Å²) in [5, 5.41) is 19.9. The van der Waals surface area contributed by atoms with Crippen LogP contribution in [0.3, 0.4) is 0 Å². The summed E-state index contributed by atoms with van der Waals surface area (Å²) in [4.78, 5) is 32.0. The molecule has 2 aromatic heterocycles. The van der Waals surface area contributed by atoms with Gasteiger partial charge in [0.25, 0.3) is 5.78 Å². The number of benzene rings is 2. The standard InChI is InChI=1S/C28H23FN4O4S2/c1-2-14-37-21-5-3-4-19(15-21)23-22(24(34)18-10-12-30-13-11-18)25(35)26(36)33(23)27-31-32-28(39-27)38-16-17-6-8-20(29)9-7-17/h3-13,15,23,34H,2,14,16H2,1H3. The van der Waals surface area contributed by atoms with Crippen molar-refractivity contribution in [3.05, 3.63) is 101 Å². The number of rotatable bonds is 9. The maximum atomic E-state index is 13.4. The fourth-order valence-corrected chi connectivity index (χ4v) is 5.91. The molecule has 198 valence electrons. The van der Waals surface area contributed by atoms with E-state index in [4.69, 9.17) is 4.74 Å². The van der Waals surface area contributed by atoms with Gasteiger partial charge in [0.1, 0.15) is 17.3 Å². The van der Waals surface area contributed by atoms with E-state index in [0.717, 1.165) is 23.3 Å². The molecule has 39 heavy (non-hydrogen) atoms. The van der Waals surface area contributed by atoms with Crippen molar-refractivity contribution in [1.29, 1.82) is 0 Å². The number of pyridine rings is 1. The molecule has 0 radical (unpaired) electrons. The first-order chi connectivity index (χ1) is 19.0. The minimum atomic E-state index is -0.953. The van der Waals surface area contributed by atoms with Crippen LogP contribution in [0.1, 0.15) is 36.1 Å². The minimum absolute atomic E-state index is 0.0606. The van der Waals surface area contributed by atoms with Crippen molar-refractivity contribution in [2.75, 3.05) is 11.5 Å². The molecule has 5 rings (SSSR count). The summed E-state index contributed by atoms with van der Waals surface area (Å²) < 4.78 is 19.6. The molecule has 1 atom stereocenters. The second kappa shape index (κ2) is 11.7. The SMILES string of the molecule is CCCOc1cccc(C2C(=C(O)c3ccncc3)C(=O)C(=O)N2c2nnc(SCc3ccc(F)cc3)s2)c1. The Balaban J connectivity index is 1.53. The molecule has 4 aromatic rings. The van der Waals surface area contributed by atoms with E-state index in [-0.39, 0.29) is 22.3 Å². The summed E-state index contributed by atoms with van der Waals surface area (Å²) in [6.45, 7) is 2.50. The number of ether oxygens (including phenoxy) is 1. The van der Waals surface area contributed by atoms with Crippen molar-refractivity contribution < 1.29 is 23.8 Å². The number of ketones is 1. The lowest BCUT2D eigenvalue weighted by atomic mass is 9.95. The second-order valence-corrected chi connectivity index (χ2v) is 10.8. The zero-order chi connectivity index (χ0) is 27.4. The minimum Gasteiger partial charge on any atom is -0.507 e. The number of Topliss-reactive ketones (excluding diaryl/α,β-unsaturated/α-hetero) is 1. The molecule has 2 aromatic carbocycles. The maximum absolute atomic E-state index is 13.4. The summed E-state index contributed by atoms with van der Waals surface area (Å²) in [6.07, 6.45) is 3.80. The van der Waals surface area contributed by atoms with E-state index >= 15 is 0 Å². The number of carbonyl (C=O) groups excluding carboxylic acids is 2.